The minimum atomic E-state index is 0.227. The van der Waals surface area contributed by atoms with Crippen molar-refractivity contribution < 1.29 is 0 Å². The molecule has 0 fully saturated rings. The number of nitrogens with one attached hydrogen (secondary N) is 1. The Kier molecular flexibility index (Phi) is 6.31. The zero-order valence-corrected chi connectivity index (χ0v) is 14.5. The lowest BCUT2D eigenvalue weighted by atomic mass is 9.81. The monoisotopic (exact) mass is 332 g/mol. The number of rotatable bonds is 7. The van der Waals surface area contributed by atoms with Crippen LogP contribution >= 0.6 is 27.3 Å². The van der Waals surface area contributed by atoms with Gasteiger partial charge in [0.15, 0.2) is 0 Å². The maximum atomic E-state index is 3.55. The zero-order chi connectivity index (χ0) is 13.8. The van der Waals surface area contributed by atoms with E-state index >= 15 is 0 Å². The first kappa shape index (κ1) is 16.2. The highest BCUT2D eigenvalue weighted by molar-refractivity contribution is 9.11. The average molecular weight is 333 g/mol. The molecule has 0 radical (unpaired) electrons. The van der Waals surface area contributed by atoms with Crippen LogP contribution in [0.15, 0.2) is 15.9 Å². The van der Waals surface area contributed by atoms with Crippen molar-refractivity contribution in [3.8, 4) is 0 Å². The van der Waals surface area contributed by atoms with Gasteiger partial charge in [-0.15, -0.1) is 11.3 Å². The predicted molar refractivity (Wildman–Crippen MR) is 85.6 cm³/mol. The summed E-state index contributed by atoms with van der Waals surface area (Å²) in [6.45, 7) is 4.58. The van der Waals surface area contributed by atoms with E-state index in [1.165, 1.54) is 8.66 Å². The lowest BCUT2D eigenvalue weighted by Gasteiger charge is -2.45. The summed E-state index contributed by atoms with van der Waals surface area (Å²) in [5, 5.41) is 3.53. The molecule has 1 rings (SSSR count). The largest absolute Gasteiger partial charge is 0.315 e. The van der Waals surface area contributed by atoms with Crippen LogP contribution in [-0.2, 0) is 6.42 Å². The summed E-state index contributed by atoms with van der Waals surface area (Å²) in [5.41, 5.74) is 0.227. The normalized spacial score (nSPS) is 14.2. The van der Waals surface area contributed by atoms with Crippen LogP contribution in [0.1, 0.15) is 31.6 Å². The molecule has 1 unspecified atom stereocenters. The van der Waals surface area contributed by atoms with Crippen LogP contribution in [0, 0.1) is 0 Å². The molecule has 0 aliphatic rings. The molecule has 0 saturated heterocycles. The number of hydrogen-bond donors (Lipinski definition) is 1. The number of thiophene rings is 1. The minimum Gasteiger partial charge on any atom is -0.315 e. The molecule has 0 spiro atoms. The summed E-state index contributed by atoms with van der Waals surface area (Å²) in [7, 11) is 6.47. The maximum absolute atomic E-state index is 3.55. The first-order valence-corrected chi connectivity index (χ1v) is 8.20. The van der Waals surface area contributed by atoms with Gasteiger partial charge >= 0.3 is 0 Å². The third kappa shape index (κ3) is 3.35. The third-order valence-corrected chi connectivity index (χ3v) is 5.79. The summed E-state index contributed by atoms with van der Waals surface area (Å²) in [4.78, 5) is 3.82. The Balaban J connectivity index is 2.92. The molecule has 1 heterocycles. The van der Waals surface area contributed by atoms with Crippen molar-refractivity contribution in [3.05, 3.63) is 20.8 Å². The van der Waals surface area contributed by atoms with Crippen molar-refractivity contribution in [2.24, 2.45) is 0 Å². The van der Waals surface area contributed by atoms with E-state index in [9.17, 15) is 0 Å². The molecule has 1 N–H and O–H groups in total. The molecule has 18 heavy (non-hydrogen) atoms. The Labute approximate surface area is 124 Å². The Morgan fingerprint density at radius 2 is 1.94 bits per heavy atom. The molecular formula is C14H25BrN2S. The Hall–Kier alpha value is 0.1000. The summed E-state index contributed by atoms with van der Waals surface area (Å²) >= 11 is 5.38. The summed E-state index contributed by atoms with van der Waals surface area (Å²) < 4.78 is 1.22. The van der Waals surface area contributed by atoms with Crippen LogP contribution < -0.4 is 5.32 Å². The van der Waals surface area contributed by atoms with E-state index in [2.05, 4.69) is 73.3 Å². The molecule has 2 nitrogen and oxygen atoms in total. The second-order valence-corrected chi connectivity index (χ2v) is 7.50. The molecule has 104 valence electrons. The first-order chi connectivity index (χ1) is 8.50. The van der Waals surface area contributed by atoms with Crippen molar-refractivity contribution in [1.29, 1.82) is 0 Å². The molecule has 0 amide bonds. The summed E-state index contributed by atoms with van der Waals surface area (Å²) in [5.74, 6) is 0. The highest BCUT2D eigenvalue weighted by Crippen LogP contribution is 2.30. The van der Waals surface area contributed by atoms with Crippen molar-refractivity contribution in [2.45, 2.75) is 44.7 Å². The van der Waals surface area contributed by atoms with Crippen molar-refractivity contribution in [3.63, 3.8) is 0 Å². The Morgan fingerprint density at radius 1 is 1.33 bits per heavy atom. The number of halogens is 1. The molecule has 4 heteroatoms. The number of nitrogens with zero attached hydrogens (tertiary/aromatic N) is 1. The van der Waals surface area contributed by atoms with Gasteiger partial charge in [0.1, 0.15) is 0 Å². The van der Waals surface area contributed by atoms with Crippen LogP contribution in [0.3, 0.4) is 0 Å². The molecule has 1 atom stereocenters. The molecule has 1 aromatic heterocycles. The average Bonchev–Trinajstić information content (AvgIpc) is 2.75. The second kappa shape index (κ2) is 7.04. The summed E-state index contributed by atoms with van der Waals surface area (Å²) in [6.07, 6.45) is 3.41. The second-order valence-electron chi connectivity index (χ2n) is 4.96. The van der Waals surface area contributed by atoms with E-state index in [0.717, 1.165) is 19.3 Å². The van der Waals surface area contributed by atoms with Gasteiger partial charge in [0.05, 0.1) is 3.79 Å². The van der Waals surface area contributed by atoms with Gasteiger partial charge in [0.25, 0.3) is 0 Å². The molecular weight excluding hydrogens is 308 g/mol. The fraction of sp³-hybridized carbons (Fsp3) is 0.714. The molecule has 1 aromatic rings. The van der Waals surface area contributed by atoms with Gasteiger partial charge in [-0.25, -0.2) is 0 Å². The van der Waals surface area contributed by atoms with Crippen LogP contribution in [0.4, 0.5) is 0 Å². The van der Waals surface area contributed by atoms with Gasteiger partial charge in [-0.3, -0.25) is 0 Å². The molecule has 0 aromatic carbocycles. The lowest BCUT2D eigenvalue weighted by molar-refractivity contribution is 0.0921. The van der Waals surface area contributed by atoms with Crippen molar-refractivity contribution >= 4 is 27.3 Å². The van der Waals surface area contributed by atoms with E-state index in [-0.39, 0.29) is 5.54 Å². The van der Waals surface area contributed by atoms with E-state index in [4.69, 9.17) is 0 Å². The van der Waals surface area contributed by atoms with Gasteiger partial charge in [-0.2, -0.15) is 0 Å². The van der Waals surface area contributed by atoms with Crippen LogP contribution in [0.2, 0.25) is 0 Å². The highest BCUT2D eigenvalue weighted by atomic mass is 79.9. The quantitative estimate of drug-likeness (QED) is 0.817. The van der Waals surface area contributed by atoms with Gasteiger partial charge in [-0.1, -0.05) is 13.8 Å². The molecule has 0 aliphatic carbocycles. The smallest absolute Gasteiger partial charge is 0.0701 e. The third-order valence-electron chi connectivity index (χ3n) is 4.15. The van der Waals surface area contributed by atoms with Crippen molar-refractivity contribution in [2.75, 3.05) is 21.1 Å². The number of hydrogen-bond acceptors (Lipinski definition) is 3. The Bertz CT molecular complexity index is 358. The van der Waals surface area contributed by atoms with E-state index in [0.29, 0.717) is 6.04 Å². The fourth-order valence-corrected chi connectivity index (χ4v) is 4.44. The number of likely N-dealkylation sites (N-methyl/N-ethyl adjacent to an activating group) is 2. The fourth-order valence-electron chi connectivity index (χ4n) is 2.91. The van der Waals surface area contributed by atoms with Crippen LogP contribution in [0.25, 0.3) is 0 Å². The van der Waals surface area contributed by atoms with E-state index in [1.54, 1.807) is 0 Å². The molecule has 0 aliphatic heterocycles. The predicted octanol–water partition coefficient (Wildman–Crippen LogP) is 3.76. The van der Waals surface area contributed by atoms with Gasteiger partial charge in [0, 0.05) is 16.5 Å². The van der Waals surface area contributed by atoms with Gasteiger partial charge in [-0.05, 0) is 68.5 Å². The van der Waals surface area contributed by atoms with Crippen LogP contribution in [0.5, 0.6) is 0 Å². The first-order valence-electron chi connectivity index (χ1n) is 6.59. The van der Waals surface area contributed by atoms with Crippen LogP contribution in [-0.4, -0.2) is 37.6 Å². The zero-order valence-electron chi connectivity index (χ0n) is 12.1. The topological polar surface area (TPSA) is 15.3 Å². The van der Waals surface area contributed by atoms with Gasteiger partial charge < -0.3 is 10.2 Å². The highest BCUT2D eigenvalue weighted by Gasteiger charge is 2.37. The molecule has 0 bridgehead atoms. The van der Waals surface area contributed by atoms with E-state index < -0.39 is 0 Å². The van der Waals surface area contributed by atoms with E-state index in [1.807, 2.05) is 11.3 Å². The van der Waals surface area contributed by atoms with Crippen molar-refractivity contribution in [1.82, 2.24) is 10.2 Å². The standard InChI is InChI=1S/C14H25BrN2S/c1-6-14(7-2,17(4)5)12(16-3)10-11-8-9-13(15)18-11/h8-9,12,16H,6-7,10H2,1-5H3. The minimum absolute atomic E-state index is 0.227. The van der Waals surface area contributed by atoms with Gasteiger partial charge in [0.2, 0.25) is 0 Å². The maximum Gasteiger partial charge on any atom is 0.0701 e. The Morgan fingerprint density at radius 3 is 2.28 bits per heavy atom. The SMILES string of the molecule is CCC(CC)(C(Cc1ccc(Br)s1)NC)N(C)C. The lowest BCUT2D eigenvalue weighted by Crippen LogP contribution is -2.58. The summed E-state index contributed by atoms with van der Waals surface area (Å²) in [6, 6.07) is 4.85. The molecule has 0 saturated carbocycles.